The van der Waals surface area contributed by atoms with E-state index in [0.717, 1.165) is 0 Å². The van der Waals surface area contributed by atoms with Crippen LogP contribution in [-0.2, 0) is 10.8 Å². The second-order valence-electron chi connectivity index (χ2n) is 11.2. The molecule has 2 bridgehead atoms. The van der Waals surface area contributed by atoms with Gasteiger partial charge < -0.3 is 0 Å². The number of aryl methyl sites for hydroxylation is 2. The van der Waals surface area contributed by atoms with Gasteiger partial charge in [0.2, 0.25) is 0 Å². The van der Waals surface area contributed by atoms with E-state index in [2.05, 4.69) is 95.2 Å². The molecule has 1 fully saturated rings. The SMILES string of the molecule is Cc1ccc(C)c2c1C1(C)C(C)(C)C(C)(C)C2(C)C(C)(C)C1(C)C. The summed E-state index contributed by atoms with van der Waals surface area (Å²) < 4.78 is 0. The van der Waals surface area contributed by atoms with E-state index >= 15 is 0 Å². The molecule has 0 radical (unpaired) electrons. The fourth-order valence-electron chi connectivity index (χ4n) is 7.41. The van der Waals surface area contributed by atoms with Crippen molar-refractivity contribution in [3.05, 3.63) is 34.4 Å². The molecule has 0 aliphatic heterocycles. The first kappa shape index (κ1) is 18.0. The molecule has 24 heavy (non-hydrogen) atoms. The van der Waals surface area contributed by atoms with E-state index in [1.54, 1.807) is 11.1 Å². The van der Waals surface area contributed by atoms with Gasteiger partial charge in [0.15, 0.2) is 0 Å². The van der Waals surface area contributed by atoms with Crippen molar-refractivity contribution < 1.29 is 0 Å². The molecule has 1 aromatic carbocycles. The average Bonchev–Trinajstić information content (AvgIpc) is 2.44. The van der Waals surface area contributed by atoms with Gasteiger partial charge >= 0.3 is 0 Å². The summed E-state index contributed by atoms with van der Waals surface area (Å²) in [5.74, 6) is 0. The number of hydrogen-bond acceptors (Lipinski definition) is 0. The lowest BCUT2D eigenvalue weighted by molar-refractivity contribution is -0.247. The summed E-state index contributed by atoms with van der Waals surface area (Å²) in [7, 11) is 0. The molecule has 3 aliphatic rings. The molecule has 4 rings (SSSR count). The van der Waals surface area contributed by atoms with Crippen molar-refractivity contribution in [2.24, 2.45) is 21.7 Å². The lowest BCUT2D eigenvalue weighted by Gasteiger charge is -2.82. The zero-order chi connectivity index (χ0) is 18.7. The molecule has 1 aromatic rings. The van der Waals surface area contributed by atoms with Crippen LogP contribution in [0, 0.1) is 35.5 Å². The van der Waals surface area contributed by atoms with Gasteiger partial charge in [-0.25, -0.2) is 0 Å². The second-order valence-corrected chi connectivity index (χ2v) is 11.2. The van der Waals surface area contributed by atoms with E-state index < -0.39 is 0 Å². The maximum absolute atomic E-state index is 2.57. The Morgan fingerprint density at radius 1 is 0.458 bits per heavy atom. The zero-order valence-electron chi connectivity index (χ0n) is 18.2. The van der Waals surface area contributed by atoms with Gasteiger partial charge in [-0.15, -0.1) is 0 Å². The number of hydrogen-bond donors (Lipinski definition) is 0. The third kappa shape index (κ3) is 1.28. The lowest BCUT2D eigenvalue weighted by atomic mass is 9.21. The number of fused-ring (bicyclic) bond motifs is 2. The maximum Gasteiger partial charge on any atom is 0.00434 e. The molecular weight excluding hydrogens is 288 g/mol. The van der Waals surface area contributed by atoms with Crippen molar-refractivity contribution in [1.29, 1.82) is 0 Å². The molecule has 0 heterocycles. The van der Waals surface area contributed by atoms with Gasteiger partial charge in [-0.1, -0.05) is 81.4 Å². The Morgan fingerprint density at radius 2 is 0.667 bits per heavy atom. The maximum atomic E-state index is 2.57. The van der Waals surface area contributed by atoms with E-state index in [9.17, 15) is 0 Å². The fourth-order valence-corrected chi connectivity index (χ4v) is 7.41. The van der Waals surface area contributed by atoms with E-state index in [1.165, 1.54) is 11.1 Å². The van der Waals surface area contributed by atoms with Crippen LogP contribution in [0.1, 0.15) is 91.5 Å². The van der Waals surface area contributed by atoms with Crippen molar-refractivity contribution in [3.8, 4) is 0 Å². The minimum atomic E-state index is 0.135. The molecule has 134 valence electrons. The summed E-state index contributed by atoms with van der Waals surface area (Å²) >= 11 is 0. The van der Waals surface area contributed by atoms with E-state index in [4.69, 9.17) is 0 Å². The molecule has 0 atom stereocenters. The van der Waals surface area contributed by atoms with Crippen molar-refractivity contribution in [2.75, 3.05) is 0 Å². The molecule has 0 N–H and O–H groups in total. The highest BCUT2D eigenvalue weighted by molar-refractivity contribution is 5.60. The monoisotopic (exact) mass is 326 g/mol. The Hall–Kier alpha value is -0.780. The molecular formula is C24H38. The Morgan fingerprint density at radius 3 is 0.875 bits per heavy atom. The van der Waals surface area contributed by atoms with Crippen LogP contribution in [-0.4, -0.2) is 0 Å². The van der Waals surface area contributed by atoms with Crippen molar-refractivity contribution >= 4 is 0 Å². The quantitative estimate of drug-likeness (QED) is 0.484. The van der Waals surface area contributed by atoms with Crippen LogP contribution < -0.4 is 0 Å². The first-order chi connectivity index (χ1) is 10.5. The van der Waals surface area contributed by atoms with Gasteiger partial charge in [0, 0.05) is 10.8 Å². The Kier molecular flexibility index (Phi) is 3.10. The third-order valence-electron chi connectivity index (χ3n) is 10.7. The van der Waals surface area contributed by atoms with Gasteiger partial charge in [0.1, 0.15) is 0 Å². The van der Waals surface area contributed by atoms with E-state index in [0.29, 0.717) is 0 Å². The standard InChI is InChI=1S/C24H38/c1-15-13-14-16(2)18-17(15)23(11)19(3,4)21(7,8)24(18,12)22(9,10)20(23,5)6/h13-14H,1-12H3. The minimum Gasteiger partial charge on any atom is -0.0587 e. The molecule has 0 saturated heterocycles. The molecule has 0 aromatic heterocycles. The van der Waals surface area contributed by atoms with Gasteiger partial charge in [0.05, 0.1) is 0 Å². The van der Waals surface area contributed by atoms with Crippen LogP contribution in [0.15, 0.2) is 12.1 Å². The van der Waals surface area contributed by atoms with Crippen LogP contribution in [0.25, 0.3) is 0 Å². The first-order valence-corrected chi connectivity index (χ1v) is 9.66. The normalized spacial score (nSPS) is 37.2. The summed E-state index contributed by atoms with van der Waals surface area (Å²) in [6.45, 7) is 30.1. The highest BCUT2D eigenvalue weighted by Gasteiger charge is 2.79. The van der Waals surface area contributed by atoms with Crippen LogP contribution in [0.4, 0.5) is 0 Å². The highest BCUT2D eigenvalue weighted by Crippen LogP contribution is 2.83. The van der Waals surface area contributed by atoms with Gasteiger partial charge in [0.25, 0.3) is 0 Å². The van der Waals surface area contributed by atoms with E-state index in [1.807, 2.05) is 0 Å². The molecule has 0 amide bonds. The Labute approximate surface area is 150 Å². The average molecular weight is 327 g/mol. The Bertz CT molecular complexity index is 634. The van der Waals surface area contributed by atoms with Crippen LogP contribution >= 0.6 is 0 Å². The highest BCUT2D eigenvalue weighted by atomic mass is 14.8. The predicted molar refractivity (Wildman–Crippen MR) is 106 cm³/mol. The summed E-state index contributed by atoms with van der Waals surface area (Å²) in [5, 5.41) is 0. The third-order valence-corrected chi connectivity index (χ3v) is 10.7. The minimum absolute atomic E-state index is 0.135. The van der Waals surface area contributed by atoms with Crippen LogP contribution in [0.2, 0.25) is 0 Å². The lowest BCUT2D eigenvalue weighted by Crippen LogP contribution is -2.79. The smallest absolute Gasteiger partial charge is 0.00434 e. The van der Waals surface area contributed by atoms with Gasteiger partial charge in [-0.3, -0.25) is 0 Å². The summed E-state index contributed by atoms with van der Waals surface area (Å²) in [6, 6.07) is 4.71. The molecule has 0 spiro atoms. The molecule has 0 heteroatoms. The van der Waals surface area contributed by atoms with Crippen LogP contribution in [0.3, 0.4) is 0 Å². The fraction of sp³-hybridized carbons (Fsp3) is 0.750. The topological polar surface area (TPSA) is 0 Å². The predicted octanol–water partition coefficient (Wildman–Crippen LogP) is 6.95. The number of rotatable bonds is 0. The number of benzene rings is 1. The summed E-state index contributed by atoms with van der Waals surface area (Å²) in [4.78, 5) is 0. The molecule has 3 aliphatic carbocycles. The zero-order valence-corrected chi connectivity index (χ0v) is 18.2. The van der Waals surface area contributed by atoms with Crippen molar-refractivity contribution in [3.63, 3.8) is 0 Å². The second kappa shape index (κ2) is 4.13. The summed E-state index contributed by atoms with van der Waals surface area (Å²) in [5.41, 5.74) is 7.37. The molecule has 1 saturated carbocycles. The Balaban J connectivity index is 2.68. The molecule has 0 nitrogen and oxygen atoms in total. The molecule has 0 unspecified atom stereocenters. The van der Waals surface area contributed by atoms with Crippen molar-refractivity contribution in [2.45, 2.75) is 93.9 Å². The summed E-state index contributed by atoms with van der Waals surface area (Å²) in [6.07, 6.45) is 0. The first-order valence-electron chi connectivity index (χ1n) is 9.66. The van der Waals surface area contributed by atoms with E-state index in [-0.39, 0.29) is 32.5 Å². The largest absolute Gasteiger partial charge is 0.0587 e. The van der Waals surface area contributed by atoms with Gasteiger partial charge in [-0.2, -0.15) is 0 Å². The van der Waals surface area contributed by atoms with Crippen LogP contribution in [0.5, 0.6) is 0 Å². The van der Waals surface area contributed by atoms with Crippen molar-refractivity contribution in [1.82, 2.24) is 0 Å². The van der Waals surface area contributed by atoms with Gasteiger partial charge in [-0.05, 0) is 57.8 Å².